The van der Waals surface area contributed by atoms with Crippen LogP contribution in [-0.2, 0) is 4.79 Å². The number of aliphatic carboxylic acids is 1. The van der Waals surface area contributed by atoms with Gasteiger partial charge in [-0.05, 0) is 44.2 Å². The van der Waals surface area contributed by atoms with Crippen LogP contribution in [-0.4, -0.2) is 21.7 Å². The van der Waals surface area contributed by atoms with Gasteiger partial charge in [-0.15, -0.1) is 0 Å². The molecule has 2 N–H and O–H groups in total. The van der Waals surface area contributed by atoms with E-state index in [0.717, 1.165) is 56.9 Å². The van der Waals surface area contributed by atoms with E-state index in [-0.39, 0.29) is 23.4 Å². The van der Waals surface area contributed by atoms with Gasteiger partial charge in [-0.2, -0.15) is 0 Å². The molecule has 2 unspecified atom stereocenters. The Morgan fingerprint density at radius 1 is 1.07 bits per heavy atom. The van der Waals surface area contributed by atoms with E-state index in [2.05, 4.69) is 9.88 Å². The average molecular weight is 413 g/mol. The van der Waals surface area contributed by atoms with Crippen molar-refractivity contribution in [2.45, 2.75) is 82.2 Å². The summed E-state index contributed by atoms with van der Waals surface area (Å²) in [6.07, 6.45) is 12.4. The highest BCUT2D eigenvalue weighted by atomic mass is 19.1. The third kappa shape index (κ3) is 3.50. The highest BCUT2D eigenvalue weighted by Gasteiger charge is 2.46. The number of rotatable bonds is 5. The third-order valence-electron chi connectivity index (χ3n) is 7.34. The summed E-state index contributed by atoms with van der Waals surface area (Å²) >= 11 is 0. The molecular formula is C24H29FN2O3. The van der Waals surface area contributed by atoms with E-state index in [1.165, 1.54) is 12.5 Å². The largest absolute Gasteiger partial charge is 0.481 e. The van der Waals surface area contributed by atoms with Crippen molar-refractivity contribution in [1.82, 2.24) is 4.57 Å². The van der Waals surface area contributed by atoms with Crippen LogP contribution in [0.5, 0.6) is 0 Å². The number of nitrogens with zero attached hydrogens (tertiary/aromatic N) is 1. The number of carboxylic acid groups (broad SMARTS) is 1. The second-order valence-corrected chi connectivity index (χ2v) is 9.37. The van der Waals surface area contributed by atoms with Gasteiger partial charge >= 0.3 is 5.97 Å². The number of carboxylic acids is 1. The number of anilines is 1. The molecular weight excluding hydrogens is 383 g/mol. The van der Waals surface area contributed by atoms with Gasteiger partial charge in [0.25, 0.3) is 0 Å². The Labute approximate surface area is 175 Å². The van der Waals surface area contributed by atoms with Crippen LogP contribution < -0.4 is 10.7 Å². The summed E-state index contributed by atoms with van der Waals surface area (Å²) < 4.78 is 17.2. The Morgan fingerprint density at radius 3 is 2.43 bits per heavy atom. The van der Waals surface area contributed by atoms with E-state index in [9.17, 15) is 14.7 Å². The molecule has 0 bridgehead atoms. The molecule has 1 aromatic carbocycles. The minimum Gasteiger partial charge on any atom is -0.481 e. The number of aromatic nitrogens is 1. The summed E-state index contributed by atoms with van der Waals surface area (Å²) in [5, 5.41) is 13.1. The highest BCUT2D eigenvalue weighted by Crippen LogP contribution is 2.47. The first kappa shape index (κ1) is 19.6. The van der Waals surface area contributed by atoms with Gasteiger partial charge in [0, 0.05) is 35.1 Å². The maximum atomic E-state index is 15.0. The maximum Gasteiger partial charge on any atom is 0.307 e. The lowest BCUT2D eigenvalue weighted by atomic mass is 9.95. The zero-order chi connectivity index (χ0) is 20.8. The van der Waals surface area contributed by atoms with Crippen LogP contribution >= 0.6 is 0 Å². The molecule has 3 aliphatic rings. The van der Waals surface area contributed by atoms with E-state index in [0.29, 0.717) is 23.1 Å². The first-order valence-electron chi connectivity index (χ1n) is 11.4. The summed E-state index contributed by atoms with van der Waals surface area (Å²) in [6, 6.07) is 3.74. The number of benzene rings is 1. The van der Waals surface area contributed by atoms with Gasteiger partial charge in [-0.1, -0.05) is 32.1 Å². The minimum atomic E-state index is -0.856. The molecule has 2 atom stereocenters. The lowest BCUT2D eigenvalue weighted by Crippen LogP contribution is -2.23. The van der Waals surface area contributed by atoms with Gasteiger partial charge in [-0.3, -0.25) is 9.59 Å². The van der Waals surface area contributed by atoms with Crippen molar-refractivity contribution in [3.8, 4) is 0 Å². The number of halogens is 1. The molecule has 2 aromatic rings. The monoisotopic (exact) mass is 412 g/mol. The number of pyridine rings is 1. The van der Waals surface area contributed by atoms with Gasteiger partial charge in [0.2, 0.25) is 0 Å². The van der Waals surface area contributed by atoms with Crippen molar-refractivity contribution in [2.24, 2.45) is 5.92 Å². The summed E-state index contributed by atoms with van der Waals surface area (Å²) in [7, 11) is 0. The van der Waals surface area contributed by atoms with Crippen molar-refractivity contribution in [1.29, 1.82) is 0 Å². The van der Waals surface area contributed by atoms with Gasteiger partial charge in [0.05, 0.1) is 17.1 Å². The van der Waals surface area contributed by atoms with Crippen molar-refractivity contribution < 1.29 is 14.3 Å². The van der Waals surface area contributed by atoms with Crippen LogP contribution in [0.4, 0.5) is 10.1 Å². The number of nitrogens with one attached hydrogen (secondary N) is 1. The van der Waals surface area contributed by atoms with E-state index < -0.39 is 17.7 Å². The fourth-order valence-electron chi connectivity index (χ4n) is 5.53. The average Bonchev–Trinajstić information content (AvgIpc) is 3.35. The molecule has 5 rings (SSSR count). The Bertz CT molecular complexity index is 1030. The highest BCUT2D eigenvalue weighted by molar-refractivity contribution is 5.84. The van der Waals surface area contributed by atoms with Gasteiger partial charge in [0.15, 0.2) is 5.43 Å². The number of hydrogen-bond donors (Lipinski definition) is 2. The zero-order valence-electron chi connectivity index (χ0n) is 17.2. The molecule has 0 spiro atoms. The summed E-state index contributed by atoms with van der Waals surface area (Å²) in [4.78, 5) is 24.6. The Hall–Kier alpha value is -2.37. The van der Waals surface area contributed by atoms with Crippen molar-refractivity contribution in [2.75, 3.05) is 5.32 Å². The number of hydrogen-bond acceptors (Lipinski definition) is 3. The lowest BCUT2D eigenvalue weighted by molar-refractivity contribution is -0.138. The first-order chi connectivity index (χ1) is 14.5. The van der Waals surface area contributed by atoms with Crippen LogP contribution in [0.3, 0.4) is 0 Å². The molecule has 30 heavy (non-hydrogen) atoms. The Kier molecular flexibility index (Phi) is 5.03. The second kappa shape index (κ2) is 7.71. The maximum absolute atomic E-state index is 15.0. The van der Waals surface area contributed by atoms with E-state index in [1.807, 2.05) is 12.3 Å². The fraction of sp³-hybridized carbons (Fsp3) is 0.583. The summed E-state index contributed by atoms with van der Waals surface area (Å²) in [5.41, 5.74) is 1.57. The smallest absolute Gasteiger partial charge is 0.307 e. The van der Waals surface area contributed by atoms with Crippen LogP contribution in [0.1, 0.15) is 81.7 Å². The summed E-state index contributed by atoms with van der Waals surface area (Å²) in [5.74, 6) is -2.00. The molecule has 3 aliphatic carbocycles. The van der Waals surface area contributed by atoms with Gasteiger partial charge in [-0.25, -0.2) is 4.39 Å². The molecule has 1 heterocycles. The predicted molar refractivity (Wildman–Crippen MR) is 115 cm³/mol. The molecule has 0 amide bonds. The molecule has 160 valence electrons. The normalized spacial score (nSPS) is 25.0. The summed E-state index contributed by atoms with van der Waals surface area (Å²) in [6.45, 7) is 0. The fourth-order valence-corrected chi connectivity index (χ4v) is 5.53. The SMILES string of the molecule is O=C(O)C1CC1c1cn(C2CCCC2)c2cc(NC3CCCCC3)c(F)cc2c1=O. The molecule has 1 aromatic heterocycles. The van der Waals surface area contributed by atoms with E-state index in [1.54, 1.807) is 0 Å². The van der Waals surface area contributed by atoms with Crippen LogP contribution in [0, 0.1) is 11.7 Å². The molecule has 3 fully saturated rings. The first-order valence-corrected chi connectivity index (χ1v) is 11.4. The lowest BCUT2D eigenvalue weighted by Gasteiger charge is -2.25. The van der Waals surface area contributed by atoms with Crippen molar-refractivity contribution in [3.63, 3.8) is 0 Å². The minimum absolute atomic E-state index is 0.212. The molecule has 6 heteroatoms. The quantitative estimate of drug-likeness (QED) is 0.709. The van der Waals surface area contributed by atoms with Crippen molar-refractivity contribution in [3.05, 3.63) is 39.9 Å². The molecule has 5 nitrogen and oxygen atoms in total. The zero-order valence-corrected chi connectivity index (χ0v) is 17.2. The van der Waals surface area contributed by atoms with Crippen LogP contribution in [0.25, 0.3) is 10.9 Å². The van der Waals surface area contributed by atoms with Crippen molar-refractivity contribution >= 4 is 22.6 Å². The molecule has 0 aliphatic heterocycles. The second-order valence-electron chi connectivity index (χ2n) is 9.37. The predicted octanol–water partition coefficient (Wildman–Crippen LogP) is 5.19. The Balaban J connectivity index is 1.60. The molecule has 3 saturated carbocycles. The topological polar surface area (TPSA) is 71.3 Å². The van der Waals surface area contributed by atoms with E-state index in [4.69, 9.17) is 0 Å². The van der Waals surface area contributed by atoms with Crippen LogP contribution in [0.15, 0.2) is 23.1 Å². The van der Waals surface area contributed by atoms with Gasteiger partial charge in [0.1, 0.15) is 5.82 Å². The number of carbonyl (C=O) groups is 1. The standard InChI is InChI=1S/C24H29FN2O3/c25-20-11-18-22(12-21(20)26-14-6-2-1-3-7-14)27(15-8-4-5-9-15)13-19(23(18)28)16-10-17(16)24(29)30/h11-17,26H,1-10H2,(H,29,30). The van der Waals surface area contributed by atoms with Crippen LogP contribution in [0.2, 0.25) is 0 Å². The van der Waals surface area contributed by atoms with Gasteiger partial charge < -0.3 is 15.0 Å². The van der Waals surface area contributed by atoms with E-state index >= 15 is 4.39 Å². The third-order valence-corrected chi connectivity index (χ3v) is 7.34. The molecule has 0 saturated heterocycles. The molecule has 0 radical (unpaired) electrons. The number of fused-ring (bicyclic) bond motifs is 1. The Morgan fingerprint density at radius 2 is 1.77 bits per heavy atom.